The van der Waals surface area contributed by atoms with Gasteiger partial charge in [0.1, 0.15) is 0 Å². The molecule has 0 spiro atoms. The van der Waals surface area contributed by atoms with Crippen LogP contribution < -0.4 is 0 Å². The molecule has 0 N–H and O–H groups in total. The first kappa shape index (κ1) is 58.6. The fourth-order valence-electron chi connectivity index (χ4n) is 4.05. The summed E-state index contributed by atoms with van der Waals surface area (Å²) in [6, 6.07) is 0. The molecule has 0 amide bonds. The molecular formula is C39H80O19S. The second kappa shape index (κ2) is 57.6. The smallest absolute Gasteiger partial charge is 0.0701 e. The minimum atomic E-state index is 0.496. The molecule has 19 nitrogen and oxygen atoms in total. The van der Waals surface area contributed by atoms with Gasteiger partial charge in [-0.2, -0.15) is 12.6 Å². The summed E-state index contributed by atoms with van der Waals surface area (Å²) in [5.74, 6) is 0.715. The van der Waals surface area contributed by atoms with Gasteiger partial charge in [-0.3, -0.25) is 0 Å². The van der Waals surface area contributed by atoms with Gasteiger partial charge in [-0.15, -0.1) is 0 Å². The highest BCUT2D eigenvalue weighted by Gasteiger charge is 1.98. The van der Waals surface area contributed by atoms with Crippen molar-refractivity contribution < 1.29 is 90.0 Å². The molecule has 20 heteroatoms. The van der Waals surface area contributed by atoms with Gasteiger partial charge in [0.2, 0.25) is 0 Å². The average Bonchev–Trinajstić information content (AvgIpc) is 3.25. The summed E-state index contributed by atoms with van der Waals surface area (Å²) < 4.78 is 103. The fraction of sp³-hybridized carbons (Fsp3) is 1.00. The Morgan fingerprint density at radius 1 is 0.169 bits per heavy atom. The topological polar surface area (TPSA) is 175 Å². The third-order valence-electron chi connectivity index (χ3n) is 6.99. The predicted molar refractivity (Wildman–Crippen MR) is 220 cm³/mol. The van der Waals surface area contributed by atoms with E-state index in [9.17, 15) is 0 Å². The quantitative estimate of drug-likeness (QED) is 0.0672. The van der Waals surface area contributed by atoms with E-state index in [1.807, 2.05) is 0 Å². The van der Waals surface area contributed by atoms with Crippen LogP contribution in [0.4, 0.5) is 0 Å². The van der Waals surface area contributed by atoms with Gasteiger partial charge in [0.15, 0.2) is 0 Å². The van der Waals surface area contributed by atoms with Crippen molar-refractivity contribution in [2.75, 3.05) is 257 Å². The highest BCUT2D eigenvalue weighted by molar-refractivity contribution is 7.80. The summed E-state index contributed by atoms with van der Waals surface area (Å²) in [6.45, 7) is 19.3. The first-order chi connectivity index (χ1) is 29.4. The molecule has 0 aliphatic carbocycles. The molecule has 59 heavy (non-hydrogen) atoms. The Hall–Kier alpha value is -0.410. The summed E-state index contributed by atoms with van der Waals surface area (Å²) >= 11 is 4.07. The van der Waals surface area contributed by atoms with Crippen LogP contribution in [0.3, 0.4) is 0 Å². The molecule has 0 radical (unpaired) electrons. The number of rotatable bonds is 56. The Labute approximate surface area is 359 Å². The van der Waals surface area contributed by atoms with Crippen LogP contribution in [-0.4, -0.2) is 257 Å². The van der Waals surface area contributed by atoms with Crippen molar-refractivity contribution in [2.24, 2.45) is 0 Å². The van der Waals surface area contributed by atoms with Crippen LogP contribution in [0.1, 0.15) is 0 Å². The van der Waals surface area contributed by atoms with Crippen LogP contribution in [0.25, 0.3) is 0 Å². The normalized spacial score (nSPS) is 11.7. The number of ether oxygens (including phenoxy) is 19. The van der Waals surface area contributed by atoms with Gasteiger partial charge in [0.05, 0.1) is 244 Å². The average molecular weight is 885 g/mol. The third kappa shape index (κ3) is 57.6. The lowest BCUT2D eigenvalue weighted by atomic mass is 10.6. The zero-order valence-corrected chi connectivity index (χ0v) is 37.0. The minimum absolute atomic E-state index is 0.496. The second-order valence-electron chi connectivity index (χ2n) is 11.7. The first-order valence-electron chi connectivity index (χ1n) is 20.9. The van der Waals surface area contributed by atoms with E-state index in [1.165, 1.54) is 0 Å². The SMILES string of the molecule is COCCOCCOCCOCCOCCOCCOCCOCCOCCOCCOCCOCCOCCOCCOCCOCCOCCOCCOCCS. The van der Waals surface area contributed by atoms with Crippen molar-refractivity contribution in [1.29, 1.82) is 0 Å². The summed E-state index contributed by atoms with van der Waals surface area (Å²) in [5, 5.41) is 0. The molecule has 0 unspecified atom stereocenters. The van der Waals surface area contributed by atoms with Gasteiger partial charge >= 0.3 is 0 Å². The molecule has 0 aromatic rings. The highest BCUT2D eigenvalue weighted by Crippen LogP contribution is 1.89. The highest BCUT2D eigenvalue weighted by atomic mass is 32.1. The van der Waals surface area contributed by atoms with Crippen LogP contribution in [0, 0.1) is 0 Å². The lowest BCUT2D eigenvalue weighted by molar-refractivity contribution is -0.0311. The molecular weight excluding hydrogens is 804 g/mol. The van der Waals surface area contributed by atoms with Crippen LogP contribution in [-0.2, 0) is 90.0 Å². The Kier molecular flexibility index (Phi) is 57.2. The third-order valence-corrected chi connectivity index (χ3v) is 7.17. The van der Waals surface area contributed by atoms with E-state index in [0.29, 0.717) is 250 Å². The van der Waals surface area contributed by atoms with Crippen molar-refractivity contribution in [3.8, 4) is 0 Å². The zero-order valence-electron chi connectivity index (χ0n) is 36.1. The number of hydrogen-bond donors (Lipinski definition) is 1. The monoisotopic (exact) mass is 885 g/mol. The minimum Gasteiger partial charge on any atom is -0.382 e. The Bertz CT molecular complexity index is 669. The van der Waals surface area contributed by atoms with E-state index in [-0.39, 0.29) is 0 Å². The lowest BCUT2D eigenvalue weighted by Gasteiger charge is -2.09. The maximum atomic E-state index is 5.50. The van der Waals surface area contributed by atoms with Gasteiger partial charge in [0.25, 0.3) is 0 Å². The van der Waals surface area contributed by atoms with Crippen molar-refractivity contribution in [1.82, 2.24) is 0 Å². The Balaban J connectivity index is 3.06. The molecule has 0 aliphatic rings. The maximum Gasteiger partial charge on any atom is 0.0701 e. The fourth-order valence-corrected chi connectivity index (χ4v) is 4.18. The van der Waals surface area contributed by atoms with E-state index in [1.54, 1.807) is 7.11 Å². The number of thiol groups is 1. The Morgan fingerprint density at radius 3 is 0.373 bits per heavy atom. The molecule has 0 aromatic carbocycles. The van der Waals surface area contributed by atoms with Crippen molar-refractivity contribution >= 4 is 12.6 Å². The van der Waals surface area contributed by atoms with Crippen LogP contribution in [0.5, 0.6) is 0 Å². The molecule has 0 atom stereocenters. The zero-order chi connectivity index (χ0) is 42.3. The number of methoxy groups -OCH3 is 1. The van der Waals surface area contributed by atoms with E-state index < -0.39 is 0 Å². The van der Waals surface area contributed by atoms with Gasteiger partial charge in [0, 0.05) is 12.9 Å². The number of hydrogen-bond acceptors (Lipinski definition) is 20. The van der Waals surface area contributed by atoms with Crippen LogP contribution in [0.15, 0.2) is 0 Å². The standard InChI is InChI=1S/C39H80O19S/c1-40-2-3-41-4-5-42-6-7-43-8-9-44-10-11-45-12-13-46-14-15-47-16-17-48-18-19-49-20-21-50-22-23-51-24-25-52-26-27-53-28-29-54-30-31-55-32-33-56-34-35-57-36-37-58-38-39-59/h59H,2-39H2,1H3. The van der Waals surface area contributed by atoms with Crippen molar-refractivity contribution in [3.63, 3.8) is 0 Å². The van der Waals surface area contributed by atoms with E-state index in [0.717, 1.165) is 0 Å². The molecule has 0 bridgehead atoms. The summed E-state index contributed by atoms with van der Waals surface area (Å²) in [4.78, 5) is 0. The van der Waals surface area contributed by atoms with Crippen molar-refractivity contribution in [3.05, 3.63) is 0 Å². The van der Waals surface area contributed by atoms with Gasteiger partial charge < -0.3 is 90.0 Å². The van der Waals surface area contributed by atoms with Crippen molar-refractivity contribution in [2.45, 2.75) is 0 Å². The molecule has 0 rings (SSSR count). The lowest BCUT2D eigenvalue weighted by Crippen LogP contribution is -2.16. The molecule has 0 heterocycles. The van der Waals surface area contributed by atoms with Crippen LogP contribution in [0.2, 0.25) is 0 Å². The summed E-state index contributed by atoms with van der Waals surface area (Å²) in [6.07, 6.45) is 0. The van der Waals surface area contributed by atoms with Crippen LogP contribution >= 0.6 is 12.6 Å². The molecule has 0 aliphatic heterocycles. The van der Waals surface area contributed by atoms with Gasteiger partial charge in [-0.1, -0.05) is 0 Å². The molecule has 0 aromatic heterocycles. The molecule has 0 saturated carbocycles. The van der Waals surface area contributed by atoms with E-state index in [2.05, 4.69) is 12.6 Å². The first-order valence-corrected chi connectivity index (χ1v) is 21.5. The van der Waals surface area contributed by atoms with E-state index >= 15 is 0 Å². The molecule has 0 saturated heterocycles. The van der Waals surface area contributed by atoms with E-state index in [4.69, 9.17) is 90.0 Å². The second-order valence-corrected chi connectivity index (χ2v) is 12.2. The van der Waals surface area contributed by atoms with Gasteiger partial charge in [-0.25, -0.2) is 0 Å². The maximum absolute atomic E-state index is 5.50. The molecule has 356 valence electrons. The Morgan fingerprint density at radius 2 is 0.271 bits per heavy atom. The predicted octanol–water partition coefficient (Wildman–Crippen LogP) is 0.861. The molecule has 0 fully saturated rings. The summed E-state index contributed by atoms with van der Waals surface area (Å²) in [7, 11) is 1.64. The summed E-state index contributed by atoms with van der Waals surface area (Å²) in [5.41, 5.74) is 0. The largest absolute Gasteiger partial charge is 0.382 e. The van der Waals surface area contributed by atoms with Gasteiger partial charge in [-0.05, 0) is 0 Å².